The van der Waals surface area contributed by atoms with E-state index in [1.165, 1.54) is 25.7 Å². The van der Waals surface area contributed by atoms with Gasteiger partial charge in [-0.15, -0.1) is 0 Å². The predicted octanol–water partition coefficient (Wildman–Crippen LogP) is 3.19. The number of hydrogen-bond donors (Lipinski definition) is 1. The molecule has 3 nitrogen and oxygen atoms in total. The van der Waals surface area contributed by atoms with Crippen molar-refractivity contribution in [2.45, 2.75) is 46.1 Å². The molecule has 18 heavy (non-hydrogen) atoms. The first-order valence-corrected chi connectivity index (χ1v) is 7.17. The minimum absolute atomic E-state index is 0.919. The van der Waals surface area contributed by atoms with Gasteiger partial charge in [0.25, 0.3) is 0 Å². The van der Waals surface area contributed by atoms with Crippen LogP contribution < -0.4 is 5.32 Å². The van der Waals surface area contributed by atoms with E-state index in [2.05, 4.69) is 30.3 Å². The zero-order valence-electron chi connectivity index (χ0n) is 12.2. The van der Waals surface area contributed by atoms with Gasteiger partial charge in [-0.1, -0.05) is 13.3 Å². The smallest absolute Gasteiger partial charge is 0.118 e. The molecule has 1 N–H and O–H groups in total. The zero-order chi connectivity index (χ0) is 13.2. The highest BCUT2D eigenvalue weighted by molar-refractivity contribution is 5.05. The molecular weight excluding hydrogens is 224 g/mol. The van der Waals surface area contributed by atoms with Crippen LogP contribution in [0.25, 0.3) is 0 Å². The molecule has 0 amide bonds. The molecule has 0 radical (unpaired) electrons. The molecule has 1 rings (SSSR count). The second-order valence-corrected chi connectivity index (χ2v) is 5.06. The van der Waals surface area contributed by atoms with Crippen LogP contribution in [-0.4, -0.2) is 31.6 Å². The van der Waals surface area contributed by atoms with E-state index < -0.39 is 0 Å². The molecular formula is C15H28N2O. The summed E-state index contributed by atoms with van der Waals surface area (Å²) in [6.45, 7) is 8.58. The van der Waals surface area contributed by atoms with Gasteiger partial charge in [0, 0.05) is 0 Å². The summed E-state index contributed by atoms with van der Waals surface area (Å²) in [6, 6.07) is 4.10. The van der Waals surface area contributed by atoms with Gasteiger partial charge in [-0.3, -0.25) is 4.90 Å². The van der Waals surface area contributed by atoms with Crippen LogP contribution in [0.5, 0.6) is 0 Å². The van der Waals surface area contributed by atoms with Gasteiger partial charge in [0.2, 0.25) is 0 Å². The Morgan fingerprint density at radius 1 is 1.17 bits per heavy atom. The average molecular weight is 252 g/mol. The van der Waals surface area contributed by atoms with Gasteiger partial charge in [-0.05, 0) is 65.0 Å². The third kappa shape index (κ3) is 6.82. The molecule has 0 bridgehead atoms. The fourth-order valence-electron chi connectivity index (χ4n) is 2.03. The largest absolute Gasteiger partial charge is 0.465 e. The Morgan fingerprint density at radius 2 is 2.00 bits per heavy atom. The summed E-state index contributed by atoms with van der Waals surface area (Å²) < 4.78 is 5.57. The maximum absolute atomic E-state index is 5.57. The van der Waals surface area contributed by atoms with Crippen molar-refractivity contribution in [3.05, 3.63) is 23.7 Å². The van der Waals surface area contributed by atoms with E-state index in [-0.39, 0.29) is 0 Å². The SMILES string of the molecule is CCCNCCCCCN(C)Cc1ccc(C)o1. The third-order valence-corrected chi connectivity index (χ3v) is 3.04. The first kappa shape index (κ1) is 15.3. The summed E-state index contributed by atoms with van der Waals surface area (Å²) in [4.78, 5) is 2.33. The fourth-order valence-corrected chi connectivity index (χ4v) is 2.03. The summed E-state index contributed by atoms with van der Waals surface area (Å²) in [5.41, 5.74) is 0. The summed E-state index contributed by atoms with van der Waals surface area (Å²) in [5, 5.41) is 3.44. The van der Waals surface area contributed by atoms with Crippen molar-refractivity contribution in [3.8, 4) is 0 Å². The van der Waals surface area contributed by atoms with Gasteiger partial charge < -0.3 is 9.73 Å². The highest BCUT2D eigenvalue weighted by Gasteiger charge is 2.03. The topological polar surface area (TPSA) is 28.4 Å². The summed E-state index contributed by atoms with van der Waals surface area (Å²) in [7, 11) is 2.16. The Hall–Kier alpha value is -0.800. The van der Waals surface area contributed by atoms with Crippen molar-refractivity contribution in [1.29, 1.82) is 0 Å². The van der Waals surface area contributed by atoms with E-state index in [1.807, 2.05) is 13.0 Å². The Labute approximate surface area is 112 Å². The zero-order valence-corrected chi connectivity index (χ0v) is 12.2. The van der Waals surface area contributed by atoms with Crippen molar-refractivity contribution in [3.63, 3.8) is 0 Å². The van der Waals surface area contributed by atoms with E-state index in [0.29, 0.717) is 0 Å². The van der Waals surface area contributed by atoms with Crippen LogP contribution in [0.15, 0.2) is 16.5 Å². The minimum Gasteiger partial charge on any atom is -0.465 e. The van der Waals surface area contributed by atoms with Crippen molar-refractivity contribution >= 4 is 0 Å². The quantitative estimate of drug-likeness (QED) is 0.648. The van der Waals surface area contributed by atoms with Crippen LogP contribution >= 0.6 is 0 Å². The second kappa shape index (κ2) is 9.17. The number of unbranched alkanes of at least 4 members (excludes halogenated alkanes) is 2. The molecule has 0 aliphatic heterocycles. The van der Waals surface area contributed by atoms with Gasteiger partial charge in [0.15, 0.2) is 0 Å². The van der Waals surface area contributed by atoms with Crippen LogP contribution in [0.3, 0.4) is 0 Å². The molecule has 104 valence electrons. The minimum atomic E-state index is 0.919. The Morgan fingerprint density at radius 3 is 2.67 bits per heavy atom. The maximum Gasteiger partial charge on any atom is 0.118 e. The molecule has 1 heterocycles. The van der Waals surface area contributed by atoms with E-state index in [1.54, 1.807) is 0 Å². The number of hydrogen-bond acceptors (Lipinski definition) is 3. The molecule has 0 saturated heterocycles. The average Bonchev–Trinajstić information content (AvgIpc) is 2.73. The summed E-state index contributed by atoms with van der Waals surface area (Å²) >= 11 is 0. The predicted molar refractivity (Wildman–Crippen MR) is 76.8 cm³/mol. The van der Waals surface area contributed by atoms with Gasteiger partial charge >= 0.3 is 0 Å². The Kier molecular flexibility index (Phi) is 7.78. The van der Waals surface area contributed by atoms with E-state index in [0.717, 1.165) is 37.7 Å². The first-order valence-electron chi connectivity index (χ1n) is 7.17. The van der Waals surface area contributed by atoms with E-state index in [9.17, 15) is 0 Å². The lowest BCUT2D eigenvalue weighted by Crippen LogP contribution is -2.19. The van der Waals surface area contributed by atoms with Crippen LogP contribution in [0.1, 0.15) is 44.1 Å². The standard InChI is InChI=1S/C15H28N2O/c1-4-10-16-11-6-5-7-12-17(3)13-15-9-8-14(2)18-15/h8-9,16H,4-7,10-13H2,1-3H3. The van der Waals surface area contributed by atoms with Crippen LogP contribution in [0, 0.1) is 6.92 Å². The molecule has 3 heteroatoms. The molecule has 0 fully saturated rings. The van der Waals surface area contributed by atoms with Crippen molar-refractivity contribution in [2.75, 3.05) is 26.7 Å². The second-order valence-electron chi connectivity index (χ2n) is 5.06. The molecule has 0 aliphatic rings. The highest BCUT2D eigenvalue weighted by Crippen LogP contribution is 2.09. The molecule has 0 aromatic carbocycles. The lowest BCUT2D eigenvalue weighted by atomic mass is 10.2. The van der Waals surface area contributed by atoms with Gasteiger partial charge in [-0.2, -0.15) is 0 Å². The first-order chi connectivity index (χ1) is 8.72. The van der Waals surface area contributed by atoms with E-state index in [4.69, 9.17) is 4.42 Å². The Balaban J connectivity index is 1.98. The number of nitrogens with zero attached hydrogens (tertiary/aromatic N) is 1. The molecule has 1 aromatic rings. The molecule has 0 spiro atoms. The number of aryl methyl sites for hydroxylation is 1. The molecule has 0 unspecified atom stereocenters. The van der Waals surface area contributed by atoms with Crippen molar-refractivity contribution < 1.29 is 4.42 Å². The Bertz CT molecular complexity index is 309. The van der Waals surface area contributed by atoms with Crippen LogP contribution in [0.4, 0.5) is 0 Å². The lowest BCUT2D eigenvalue weighted by molar-refractivity contribution is 0.285. The number of furan rings is 1. The maximum atomic E-state index is 5.57. The van der Waals surface area contributed by atoms with E-state index >= 15 is 0 Å². The molecule has 0 saturated carbocycles. The van der Waals surface area contributed by atoms with Crippen molar-refractivity contribution in [1.82, 2.24) is 10.2 Å². The normalized spacial score (nSPS) is 11.3. The molecule has 0 atom stereocenters. The molecule has 1 aromatic heterocycles. The number of nitrogens with one attached hydrogen (secondary N) is 1. The summed E-state index contributed by atoms with van der Waals surface area (Å²) in [5.74, 6) is 2.07. The number of rotatable bonds is 10. The van der Waals surface area contributed by atoms with Gasteiger partial charge in [0.1, 0.15) is 11.5 Å². The highest BCUT2D eigenvalue weighted by atomic mass is 16.3. The third-order valence-electron chi connectivity index (χ3n) is 3.04. The monoisotopic (exact) mass is 252 g/mol. The molecule has 0 aliphatic carbocycles. The van der Waals surface area contributed by atoms with Crippen LogP contribution in [-0.2, 0) is 6.54 Å². The van der Waals surface area contributed by atoms with Gasteiger partial charge in [-0.25, -0.2) is 0 Å². The van der Waals surface area contributed by atoms with Crippen LogP contribution in [0.2, 0.25) is 0 Å². The van der Waals surface area contributed by atoms with Gasteiger partial charge in [0.05, 0.1) is 6.54 Å². The summed E-state index contributed by atoms with van der Waals surface area (Å²) in [6.07, 6.45) is 5.08. The lowest BCUT2D eigenvalue weighted by Gasteiger charge is -2.14. The fraction of sp³-hybridized carbons (Fsp3) is 0.733. The van der Waals surface area contributed by atoms with Crippen molar-refractivity contribution in [2.24, 2.45) is 0 Å².